The Bertz CT molecular complexity index is 1250. The van der Waals surface area contributed by atoms with Gasteiger partial charge in [-0.15, -0.1) is 0 Å². The first-order chi connectivity index (χ1) is 18.4. The van der Waals surface area contributed by atoms with Crippen molar-refractivity contribution in [2.75, 3.05) is 30.5 Å². The van der Waals surface area contributed by atoms with Crippen molar-refractivity contribution in [1.82, 2.24) is 5.32 Å². The van der Waals surface area contributed by atoms with Gasteiger partial charge in [-0.1, -0.05) is 36.4 Å². The van der Waals surface area contributed by atoms with E-state index in [1.807, 2.05) is 54.6 Å². The fraction of sp³-hybridized carbons (Fsp3) is 0.333. The van der Waals surface area contributed by atoms with Crippen LogP contribution in [0.4, 0.5) is 11.4 Å². The zero-order chi connectivity index (χ0) is 27.1. The number of morpholine rings is 1. The van der Waals surface area contributed by atoms with Crippen LogP contribution in [-0.2, 0) is 29.0 Å². The molecule has 0 aliphatic carbocycles. The summed E-state index contributed by atoms with van der Waals surface area (Å²) in [7, 11) is 1.61. The number of carbonyl (C=O) groups excluding carboxylic acids is 2. The molecule has 0 radical (unpaired) electrons. The van der Waals surface area contributed by atoms with Crippen LogP contribution >= 0.6 is 0 Å². The molecule has 2 amide bonds. The molecular formula is C30H36N4O4. The summed E-state index contributed by atoms with van der Waals surface area (Å²) >= 11 is 0. The largest absolute Gasteiger partial charge is 0.497 e. The van der Waals surface area contributed by atoms with Crippen molar-refractivity contribution in [3.63, 3.8) is 0 Å². The predicted molar refractivity (Wildman–Crippen MR) is 149 cm³/mol. The number of ether oxygens (including phenoxy) is 2. The van der Waals surface area contributed by atoms with Gasteiger partial charge in [0.2, 0.25) is 5.91 Å². The van der Waals surface area contributed by atoms with Crippen molar-refractivity contribution >= 4 is 23.2 Å². The lowest BCUT2D eigenvalue weighted by molar-refractivity contribution is -0.115. The maximum atomic E-state index is 13.1. The summed E-state index contributed by atoms with van der Waals surface area (Å²) in [4.78, 5) is 28.4. The second-order valence-corrected chi connectivity index (χ2v) is 9.65. The van der Waals surface area contributed by atoms with Gasteiger partial charge in [-0.2, -0.15) is 0 Å². The summed E-state index contributed by atoms with van der Waals surface area (Å²) in [6.45, 7) is 6.19. The molecule has 0 bridgehead atoms. The summed E-state index contributed by atoms with van der Waals surface area (Å²) in [5.74, 6) is 0.352. The van der Waals surface area contributed by atoms with Crippen molar-refractivity contribution in [2.24, 2.45) is 5.73 Å². The molecule has 0 aromatic heterocycles. The van der Waals surface area contributed by atoms with Crippen molar-refractivity contribution in [3.8, 4) is 5.75 Å². The number of carbonyl (C=O) groups is 2. The van der Waals surface area contributed by atoms with Gasteiger partial charge >= 0.3 is 0 Å². The monoisotopic (exact) mass is 516 g/mol. The smallest absolute Gasteiger partial charge is 0.251 e. The molecule has 1 heterocycles. The molecule has 1 aliphatic rings. The number of nitrogens with zero attached hydrogens (tertiary/aromatic N) is 1. The van der Waals surface area contributed by atoms with E-state index in [0.29, 0.717) is 37.6 Å². The van der Waals surface area contributed by atoms with E-state index in [9.17, 15) is 9.59 Å². The van der Waals surface area contributed by atoms with Crippen LogP contribution in [0.5, 0.6) is 5.75 Å². The van der Waals surface area contributed by atoms with Crippen molar-refractivity contribution < 1.29 is 19.1 Å². The van der Waals surface area contributed by atoms with Gasteiger partial charge in [0.05, 0.1) is 38.1 Å². The second-order valence-electron chi connectivity index (χ2n) is 9.65. The first-order valence-corrected chi connectivity index (χ1v) is 12.9. The van der Waals surface area contributed by atoms with Crippen molar-refractivity contribution in [2.45, 2.75) is 45.4 Å². The van der Waals surface area contributed by atoms with Gasteiger partial charge in [-0.25, -0.2) is 0 Å². The molecule has 38 heavy (non-hydrogen) atoms. The Hall–Kier alpha value is -3.88. The molecule has 1 aliphatic heterocycles. The highest BCUT2D eigenvalue weighted by Crippen LogP contribution is 2.32. The maximum Gasteiger partial charge on any atom is 0.251 e. The van der Waals surface area contributed by atoms with Gasteiger partial charge in [0.1, 0.15) is 5.75 Å². The second kappa shape index (κ2) is 12.6. The number of methoxy groups -OCH3 is 1. The van der Waals surface area contributed by atoms with E-state index in [4.69, 9.17) is 15.2 Å². The highest BCUT2D eigenvalue weighted by atomic mass is 16.5. The minimum absolute atomic E-state index is 0.116. The number of amides is 2. The first kappa shape index (κ1) is 27.2. The van der Waals surface area contributed by atoms with Crippen LogP contribution in [0.25, 0.3) is 0 Å². The molecule has 3 aromatic carbocycles. The molecule has 0 saturated carbocycles. The SMILES string of the molecule is COc1ccc(CC(=O)Nc2cc(C(=O)NCc3cccc(CN)c3)ccc2N2C(C)COCC2C)cc1. The van der Waals surface area contributed by atoms with Gasteiger partial charge in [0.25, 0.3) is 5.91 Å². The van der Waals surface area contributed by atoms with Gasteiger partial charge in [-0.05, 0) is 60.9 Å². The highest BCUT2D eigenvalue weighted by Gasteiger charge is 2.28. The van der Waals surface area contributed by atoms with E-state index < -0.39 is 0 Å². The number of hydrogen-bond acceptors (Lipinski definition) is 6. The van der Waals surface area contributed by atoms with Crippen LogP contribution in [0, 0.1) is 0 Å². The van der Waals surface area contributed by atoms with E-state index in [0.717, 1.165) is 28.1 Å². The Labute approximate surface area is 224 Å². The molecule has 2 atom stereocenters. The van der Waals surface area contributed by atoms with Gasteiger partial charge in [-0.3, -0.25) is 9.59 Å². The summed E-state index contributed by atoms with van der Waals surface area (Å²) in [6.07, 6.45) is 0.200. The molecular weight excluding hydrogens is 480 g/mol. The van der Waals surface area contributed by atoms with Crippen LogP contribution in [0.2, 0.25) is 0 Å². The number of nitrogens with two attached hydrogens (primary N) is 1. The standard InChI is InChI=1S/C30H36N4O4/c1-20-18-38-19-21(2)34(20)28-12-9-25(30(36)32-17-24-6-4-5-23(13-24)16-31)15-27(28)33-29(35)14-22-7-10-26(37-3)11-8-22/h4-13,15,20-21H,14,16-19,31H2,1-3H3,(H,32,36)(H,33,35). The Morgan fingerprint density at radius 2 is 1.68 bits per heavy atom. The number of rotatable bonds is 9. The third-order valence-electron chi connectivity index (χ3n) is 6.68. The molecule has 3 aromatic rings. The normalized spacial score (nSPS) is 17.1. The molecule has 4 N–H and O–H groups in total. The Balaban J connectivity index is 1.55. The van der Waals surface area contributed by atoms with Crippen LogP contribution in [0.3, 0.4) is 0 Å². The number of nitrogens with one attached hydrogen (secondary N) is 2. The predicted octanol–water partition coefficient (Wildman–Crippen LogP) is 3.88. The number of anilines is 2. The topological polar surface area (TPSA) is 106 Å². The molecule has 200 valence electrons. The Kier molecular flexibility index (Phi) is 8.99. The molecule has 8 nitrogen and oxygen atoms in total. The minimum Gasteiger partial charge on any atom is -0.497 e. The minimum atomic E-state index is -0.219. The molecule has 0 spiro atoms. The molecule has 1 saturated heterocycles. The van der Waals surface area contributed by atoms with Gasteiger partial charge in [0.15, 0.2) is 0 Å². The lowest BCUT2D eigenvalue weighted by Crippen LogP contribution is -2.50. The summed E-state index contributed by atoms with van der Waals surface area (Å²) in [5.41, 5.74) is 10.5. The summed E-state index contributed by atoms with van der Waals surface area (Å²) < 4.78 is 10.9. The third kappa shape index (κ3) is 6.70. The summed E-state index contributed by atoms with van der Waals surface area (Å²) in [5, 5.41) is 6.04. The quantitative estimate of drug-likeness (QED) is 0.399. The van der Waals surface area contributed by atoms with Gasteiger partial charge < -0.3 is 30.7 Å². The lowest BCUT2D eigenvalue weighted by Gasteiger charge is -2.41. The van der Waals surface area contributed by atoms with Crippen molar-refractivity contribution in [3.05, 3.63) is 89.0 Å². The zero-order valence-electron chi connectivity index (χ0n) is 22.2. The summed E-state index contributed by atoms with van der Waals surface area (Å²) in [6, 6.07) is 20.9. The average Bonchev–Trinajstić information content (AvgIpc) is 2.92. The van der Waals surface area contributed by atoms with Crippen LogP contribution < -0.4 is 26.0 Å². The third-order valence-corrected chi connectivity index (χ3v) is 6.68. The lowest BCUT2D eigenvalue weighted by atomic mass is 10.1. The Morgan fingerprint density at radius 1 is 0.974 bits per heavy atom. The van der Waals surface area contributed by atoms with Crippen LogP contribution in [0.1, 0.15) is 40.9 Å². The molecule has 2 unspecified atom stereocenters. The zero-order valence-corrected chi connectivity index (χ0v) is 22.2. The number of benzene rings is 3. The van der Waals surface area contributed by atoms with E-state index in [-0.39, 0.29) is 30.3 Å². The molecule has 8 heteroatoms. The fourth-order valence-corrected chi connectivity index (χ4v) is 4.76. The highest BCUT2D eigenvalue weighted by molar-refractivity contribution is 6.00. The first-order valence-electron chi connectivity index (χ1n) is 12.9. The van der Waals surface area contributed by atoms with E-state index in [2.05, 4.69) is 29.4 Å². The van der Waals surface area contributed by atoms with Crippen molar-refractivity contribution in [1.29, 1.82) is 0 Å². The van der Waals surface area contributed by atoms with Crippen LogP contribution in [-0.4, -0.2) is 44.2 Å². The molecule has 4 rings (SSSR count). The fourth-order valence-electron chi connectivity index (χ4n) is 4.76. The van der Waals surface area contributed by atoms with Crippen LogP contribution in [0.15, 0.2) is 66.7 Å². The average molecular weight is 517 g/mol. The van der Waals surface area contributed by atoms with Gasteiger partial charge in [0, 0.05) is 30.7 Å². The number of hydrogen-bond donors (Lipinski definition) is 3. The maximum absolute atomic E-state index is 13.1. The van der Waals surface area contributed by atoms with E-state index in [1.54, 1.807) is 19.2 Å². The van der Waals surface area contributed by atoms with E-state index in [1.165, 1.54) is 0 Å². The Morgan fingerprint density at radius 3 is 2.37 bits per heavy atom. The van der Waals surface area contributed by atoms with E-state index >= 15 is 0 Å². The molecule has 1 fully saturated rings.